The highest BCUT2D eigenvalue weighted by atomic mass is 32.1. The predicted molar refractivity (Wildman–Crippen MR) is 84.0 cm³/mol. The van der Waals surface area contributed by atoms with Crippen LogP contribution in [0.15, 0.2) is 10.9 Å². The van der Waals surface area contributed by atoms with Gasteiger partial charge < -0.3 is 15.0 Å². The molecule has 0 aliphatic heterocycles. The smallest absolute Gasteiger partial charge is 0.323 e. The summed E-state index contributed by atoms with van der Waals surface area (Å²) in [5, 5.41) is 5.11. The Morgan fingerprint density at radius 3 is 2.81 bits per heavy atom. The molecule has 2 aromatic rings. The summed E-state index contributed by atoms with van der Waals surface area (Å²) in [6.45, 7) is 6.01. The Hall–Kier alpha value is -1.96. The van der Waals surface area contributed by atoms with E-state index in [1.165, 1.54) is 0 Å². The van der Waals surface area contributed by atoms with Gasteiger partial charge in [0, 0.05) is 19.0 Å². The van der Waals surface area contributed by atoms with Gasteiger partial charge in [-0.2, -0.15) is 15.0 Å². The Morgan fingerprint density at radius 2 is 2.14 bits per heavy atom. The first-order valence-electron chi connectivity index (χ1n) is 6.93. The molecule has 0 saturated carbocycles. The van der Waals surface area contributed by atoms with Crippen molar-refractivity contribution in [3.63, 3.8) is 0 Å². The van der Waals surface area contributed by atoms with Crippen molar-refractivity contribution in [3.8, 4) is 6.01 Å². The van der Waals surface area contributed by atoms with Crippen LogP contribution in [-0.2, 0) is 6.54 Å². The summed E-state index contributed by atoms with van der Waals surface area (Å²) in [6.07, 6.45) is 0.909. The molecule has 0 amide bonds. The van der Waals surface area contributed by atoms with Crippen LogP contribution in [0.25, 0.3) is 0 Å². The zero-order valence-electron chi connectivity index (χ0n) is 12.5. The topological polar surface area (TPSA) is 76.1 Å². The van der Waals surface area contributed by atoms with Crippen molar-refractivity contribution in [3.05, 3.63) is 16.6 Å². The summed E-state index contributed by atoms with van der Waals surface area (Å²) in [4.78, 5) is 19.2. The van der Waals surface area contributed by atoms with Gasteiger partial charge in [-0.05, 0) is 13.3 Å². The minimum absolute atomic E-state index is 0.350. The van der Waals surface area contributed by atoms with Crippen LogP contribution in [0.2, 0.25) is 0 Å². The molecule has 0 aromatic carbocycles. The van der Waals surface area contributed by atoms with Gasteiger partial charge in [0.2, 0.25) is 11.9 Å². The van der Waals surface area contributed by atoms with Gasteiger partial charge in [0.25, 0.3) is 0 Å². The number of hydrogen-bond donors (Lipinski definition) is 1. The maximum absolute atomic E-state index is 5.53. The minimum Gasteiger partial charge on any atom is -0.463 e. The Kier molecular flexibility index (Phi) is 5.68. The average Bonchev–Trinajstić information content (AvgIpc) is 2.98. The van der Waals surface area contributed by atoms with E-state index in [4.69, 9.17) is 4.74 Å². The fourth-order valence-corrected chi connectivity index (χ4v) is 2.19. The summed E-state index contributed by atoms with van der Waals surface area (Å²) in [5.41, 5.74) is 2.81. The maximum atomic E-state index is 5.53. The highest BCUT2D eigenvalue weighted by Crippen LogP contribution is 2.16. The number of nitrogens with one attached hydrogen (secondary N) is 1. The Morgan fingerprint density at radius 1 is 1.29 bits per heavy atom. The first kappa shape index (κ1) is 15.4. The Labute approximate surface area is 128 Å². The number of rotatable bonds is 8. The van der Waals surface area contributed by atoms with Gasteiger partial charge in [-0.3, -0.25) is 0 Å². The lowest BCUT2D eigenvalue weighted by Gasteiger charge is -2.17. The fraction of sp³-hybridized carbons (Fsp3) is 0.538. The highest BCUT2D eigenvalue weighted by Gasteiger charge is 2.12. The van der Waals surface area contributed by atoms with Gasteiger partial charge in [-0.25, -0.2) is 4.98 Å². The largest absolute Gasteiger partial charge is 0.463 e. The lowest BCUT2D eigenvalue weighted by molar-refractivity contribution is 0.292. The van der Waals surface area contributed by atoms with Gasteiger partial charge >= 0.3 is 6.01 Å². The normalized spacial score (nSPS) is 10.4. The van der Waals surface area contributed by atoms with E-state index in [0.29, 0.717) is 31.1 Å². The van der Waals surface area contributed by atoms with Crippen LogP contribution in [0.3, 0.4) is 0 Å². The van der Waals surface area contributed by atoms with Crippen LogP contribution < -0.4 is 15.0 Å². The molecule has 1 N–H and O–H groups in total. The molecule has 0 radical (unpaired) electrons. The molecule has 0 unspecified atom stereocenters. The highest BCUT2D eigenvalue weighted by molar-refractivity contribution is 7.07. The Bertz CT molecular complexity index is 548. The standard InChI is InChI=1S/C13H20N6OS/c1-4-6-20-13-17-11(14-5-2)16-12(18-13)19(3)7-10-8-21-9-15-10/h8-9H,4-7H2,1-3H3,(H,14,16,17,18). The van der Waals surface area contributed by atoms with Crippen LogP contribution in [0.4, 0.5) is 11.9 Å². The molecule has 0 spiro atoms. The van der Waals surface area contributed by atoms with Crippen molar-refractivity contribution < 1.29 is 4.74 Å². The lowest BCUT2D eigenvalue weighted by atomic mass is 10.4. The number of hydrogen-bond acceptors (Lipinski definition) is 8. The minimum atomic E-state index is 0.350. The molecule has 8 heteroatoms. The van der Waals surface area contributed by atoms with E-state index in [0.717, 1.165) is 18.7 Å². The predicted octanol–water partition coefficient (Wildman–Crippen LogP) is 2.19. The van der Waals surface area contributed by atoms with Gasteiger partial charge in [0.15, 0.2) is 0 Å². The van der Waals surface area contributed by atoms with Crippen LogP contribution in [0, 0.1) is 0 Å². The molecule has 21 heavy (non-hydrogen) atoms. The molecule has 2 heterocycles. The van der Waals surface area contributed by atoms with E-state index in [-0.39, 0.29) is 0 Å². The van der Waals surface area contributed by atoms with Crippen LogP contribution in [0.1, 0.15) is 26.0 Å². The quantitative estimate of drug-likeness (QED) is 0.801. The molecule has 0 bridgehead atoms. The molecule has 2 aromatic heterocycles. The van der Waals surface area contributed by atoms with Gasteiger partial charge in [0.1, 0.15) is 0 Å². The lowest BCUT2D eigenvalue weighted by Crippen LogP contribution is -2.21. The number of anilines is 2. The van der Waals surface area contributed by atoms with Crippen LogP contribution >= 0.6 is 11.3 Å². The summed E-state index contributed by atoms with van der Waals surface area (Å²) >= 11 is 1.57. The number of aromatic nitrogens is 4. The SMILES string of the molecule is CCCOc1nc(NCC)nc(N(C)Cc2cscn2)n1. The first-order valence-corrected chi connectivity index (χ1v) is 7.88. The average molecular weight is 308 g/mol. The monoisotopic (exact) mass is 308 g/mol. The number of nitrogens with zero attached hydrogens (tertiary/aromatic N) is 5. The van der Waals surface area contributed by atoms with E-state index in [9.17, 15) is 0 Å². The molecule has 0 aliphatic carbocycles. The molecule has 0 saturated heterocycles. The third kappa shape index (κ3) is 4.52. The first-order chi connectivity index (χ1) is 10.2. The van der Waals surface area contributed by atoms with Crippen molar-refractivity contribution >= 4 is 23.2 Å². The zero-order valence-corrected chi connectivity index (χ0v) is 13.4. The summed E-state index contributed by atoms with van der Waals surface area (Å²) in [7, 11) is 1.92. The molecular formula is C13H20N6OS. The Balaban J connectivity index is 2.17. The van der Waals surface area contributed by atoms with Crippen molar-refractivity contribution in [2.45, 2.75) is 26.8 Å². The summed E-state index contributed by atoms with van der Waals surface area (Å²) in [6, 6.07) is 0.350. The number of ether oxygens (including phenoxy) is 1. The van der Waals surface area contributed by atoms with Crippen molar-refractivity contribution in [2.75, 3.05) is 30.4 Å². The molecule has 7 nitrogen and oxygen atoms in total. The van der Waals surface area contributed by atoms with Gasteiger partial charge in [-0.15, -0.1) is 11.3 Å². The second kappa shape index (κ2) is 7.72. The molecule has 114 valence electrons. The third-order valence-corrected chi connectivity index (χ3v) is 3.23. The van der Waals surface area contributed by atoms with E-state index >= 15 is 0 Å². The van der Waals surface area contributed by atoms with Gasteiger partial charge in [-0.1, -0.05) is 6.92 Å². The van der Waals surface area contributed by atoms with E-state index in [1.54, 1.807) is 11.3 Å². The third-order valence-electron chi connectivity index (χ3n) is 2.60. The molecule has 0 fully saturated rings. The van der Waals surface area contributed by atoms with Crippen molar-refractivity contribution in [2.24, 2.45) is 0 Å². The van der Waals surface area contributed by atoms with E-state index in [2.05, 4.69) is 25.3 Å². The molecule has 2 rings (SSSR count). The molecule has 0 atom stereocenters. The zero-order chi connectivity index (χ0) is 15.1. The van der Waals surface area contributed by atoms with E-state index < -0.39 is 0 Å². The summed E-state index contributed by atoms with van der Waals surface area (Å²) < 4.78 is 5.53. The van der Waals surface area contributed by atoms with Crippen LogP contribution in [-0.4, -0.2) is 40.1 Å². The second-order valence-corrected chi connectivity index (χ2v) is 5.17. The van der Waals surface area contributed by atoms with E-state index in [1.807, 2.05) is 36.7 Å². The molecular weight excluding hydrogens is 288 g/mol. The summed E-state index contributed by atoms with van der Waals surface area (Å²) in [5.74, 6) is 1.10. The van der Waals surface area contributed by atoms with Crippen LogP contribution in [0.5, 0.6) is 6.01 Å². The maximum Gasteiger partial charge on any atom is 0.323 e. The molecule has 0 aliphatic rings. The van der Waals surface area contributed by atoms with Gasteiger partial charge in [0.05, 0.1) is 24.4 Å². The van der Waals surface area contributed by atoms with Crippen molar-refractivity contribution in [1.29, 1.82) is 0 Å². The second-order valence-electron chi connectivity index (χ2n) is 4.46. The number of thiazole rings is 1. The van der Waals surface area contributed by atoms with Crippen molar-refractivity contribution in [1.82, 2.24) is 19.9 Å². The fourth-order valence-electron chi connectivity index (χ4n) is 1.64.